The highest BCUT2D eigenvalue weighted by molar-refractivity contribution is 5.09. The van der Waals surface area contributed by atoms with E-state index in [1.54, 1.807) is 0 Å². The van der Waals surface area contributed by atoms with E-state index in [4.69, 9.17) is 0 Å². The summed E-state index contributed by atoms with van der Waals surface area (Å²) in [6, 6.07) is 0. The predicted molar refractivity (Wildman–Crippen MR) is 84.8 cm³/mol. The van der Waals surface area contributed by atoms with E-state index in [1.807, 2.05) is 0 Å². The Morgan fingerprint density at radius 3 is 1.74 bits per heavy atom. The van der Waals surface area contributed by atoms with Gasteiger partial charge in [0.15, 0.2) is 0 Å². The van der Waals surface area contributed by atoms with Gasteiger partial charge < -0.3 is 5.48 Å². The molecule has 2 aliphatic carbocycles. The van der Waals surface area contributed by atoms with E-state index in [2.05, 4.69) is 39.5 Å². The summed E-state index contributed by atoms with van der Waals surface area (Å²) in [7, 11) is 0. The molecule has 112 valence electrons. The van der Waals surface area contributed by atoms with Crippen LogP contribution in [-0.2, 0) is 0 Å². The standard InChI is InChI=1S/C18H30.H2O.H2/c1-13-5-7-17(8-6-13)9-10-18-11-14(2)16(4)15(3)12-18;;/h13-18H,5-8,11-12H2,1-4H3;1H2;1H. The molecule has 2 fully saturated rings. The molecule has 0 heterocycles. The van der Waals surface area contributed by atoms with Crippen LogP contribution in [0.4, 0.5) is 0 Å². The van der Waals surface area contributed by atoms with Crippen LogP contribution in [0.25, 0.3) is 0 Å². The fraction of sp³-hybridized carbons (Fsp3) is 0.889. The maximum Gasteiger partial charge on any atom is 0.0208 e. The van der Waals surface area contributed by atoms with Crippen LogP contribution in [0, 0.1) is 47.3 Å². The zero-order valence-electron chi connectivity index (χ0n) is 13.2. The van der Waals surface area contributed by atoms with Crippen molar-refractivity contribution in [3.63, 3.8) is 0 Å². The van der Waals surface area contributed by atoms with E-state index in [-0.39, 0.29) is 6.90 Å². The first kappa shape index (κ1) is 16.6. The third-order valence-corrected chi connectivity index (χ3v) is 5.62. The first-order chi connectivity index (χ1) is 8.56. The molecule has 0 bridgehead atoms. The highest BCUT2D eigenvalue weighted by Crippen LogP contribution is 2.37. The molecule has 0 aromatic carbocycles. The van der Waals surface area contributed by atoms with Crippen LogP contribution < -0.4 is 0 Å². The van der Waals surface area contributed by atoms with Crippen LogP contribution >= 0.6 is 0 Å². The zero-order valence-corrected chi connectivity index (χ0v) is 13.2. The number of hydrogen-bond acceptors (Lipinski definition) is 0. The third kappa shape index (κ3) is 4.53. The van der Waals surface area contributed by atoms with Gasteiger partial charge in [-0.1, -0.05) is 39.5 Å². The van der Waals surface area contributed by atoms with Crippen LogP contribution in [0.15, 0.2) is 0 Å². The summed E-state index contributed by atoms with van der Waals surface area (Å²) in [5.74, 6) is 12.2. The Morgan fingerprint density at radius 2 is 1.21 bits per heavy atom. The minimum atomic E-state index is 0. The van der Waals surface area contributed by atoms with Crippen molar-refractivity contribution in [2.45, 2.75) is 66.2 Å². The molecule has 19 heavy (non-hydrogen) atoms. The minimum absolute atomic E-state index is 0. The molecule has 2 saturated carbocycles. The topological polar surface area (TPSA) is 31.5 Å². The molecule has 2 unspecified atom stereocenters. The molecule has 0 saturated heterocycles. The van der Waals surface area contributed by atoms with E-state index in [0.717, 1.165) is 23.7 Å². The van der Waals surface area contributed by atoms with Crippen molar-refractivity contribution in [2.24, 2.45) is 35.5 Å². The van der Waals surface area contributed by atoms with E-state index in [1.165, 1.54) is 38.5 Å². The fourth-order valence-corrected chi connectivity index (χ4v) is 3.74. The molecule has 2 aliphatic rings. The van der Waals surface area contributed by atoms with Crippen molar-refractivity contribution in [2.75, 3.05) is 0 Å². The molecule has 1 heteroatoms. The predicted octanol–water partition coefficient (Wildman–Crippen LogP) is 4.56. The molecule has 0 spiro atoms. The second-order valence-corrected chi connectivity index (χ2v) is 7.23. The summed E-state index contributed by atoms with van der Waals surface area (Å²) in [5, 5.41) is 0. The van der Waals surface area contributed by atoms with Gasteiger partial charge in [0, 0.05) is 13.3 Å². The maximum atomic E-state index is 3.64. The van der Waals surface area contributed by atoms with Gasteiger partial charge in [-0.05, 0) is 62.2 Å². The Morgan fingerprint density at radius 1 is 0.737 bits per heavy atom. The normalized spacial score (nSPS) is 42.7. The van der Waals surface area contributed by atoms with Crippen molar-refractivity contribution in [1.82, 2.24) is 0 Å². The van der Waals surface area contributed by atoms with Crippen molar-refractivity contribution in [3.05, 3.63) is 0 Å². The van der Waals surface area contributed by atoms with Crippen LogP contribution in [0.1, 0.15) is 67.6 Å². The lowest BCUT2D eigenvalue weighted by molar-refractivity contribution is 0.168. The van der Waals surface area contributed by atoms with Crippen molar-refractivity contribution in [1.29, 1.82) is 0 Å². The minimum Gasteiger partial charge on any atom is -0.412 e. The van der Waals surface area contributed by atoms with Crippen LogP contribution in [0.5, 0.6) is 0 Å². The number of rotatable bonds is 0. The van der Waals surface area contributed by atoms with Gasteiger partial charge in [-0.2, -0.15) is 0 Å². The summed E-state index contributed by atoms with van der Waals surface area (Å²) < 4.78 is 0. The van der Waals surface area contributed by atoms with E-state index >= 15 is 0 Å². The van der Waals surface area contributed by atoms with Gasteiger partial charge >= 0.3 is 0 Å². The molecule has 0 amide bonds. The van der Waals surface area contributed by atoms with Gasteiger partial charge in [0.05, 0.1) is 0 Å². The lowest BCUT2D eigenvalue weighted by atomic mass is 9.70. The molecule has 2 N–H and O–H groups in total. The van der Waals surface area contributed by atoms with Crippen LogP contribution in [0.2, 0.25) is 0 Å². The van der Waals surface area contributed by atoms with E-state index in [0.29, 0.717) is 11.8 Å². The molecule has 2 atom stereocenters. The summed E-state index contributed by atoms with van der Waals surface area (Å²) in [6.07, 6.45) is 8.16. The van der Waals surface area contributed by atoms with Crippen LogP contribution in [0.3, 0.4) is 0 Å². The first-order valence-corrected chi connectivity index (χ1v) is 8.07. The Hall–Kier alpha value is -0.480. The lowest BCUT2D eigenvalue weighted by Gasteiger charge is -2.35. The number of hydrogen-bond donors (Lipinski definition) is 0. The smallest absolute Gasteiger partial charge is 0.0208 e. The van der Waals surface area contributed by atoms with E-state index < -0.39 is 0 Å². The average Bonchev–Trinajstić information content (AvgIpc) is 2.35. The zero-order chi connectivity index (χ0) is 13.1. The summed E-state index contributed by atoms with van der Waals surface area (Å²) in [6.45, 7) is 9.63. The largest absolute Gasteiger partial charge is 0.412 e. The SMILES string of the molecule is CC1CCC(C#CC2CC(C)C(C)C(C)C2)CC1.O.[HH]. The quantitative estimate of drug-likeness (QED) is 0.576. The monoisotopic (exact) mass is 266 g/mol. The average molecular weight is 266 g/mol. The second kappa shape index (κ2) is 7.34. The molecule has 2 rings (SSSR count). The van der Waals surface area contributed by atoms with Gasteiger partial charge in [-0.3, -0.25) is 0 Å². The Kier molecular flexibility index (Phi) is 6.40. The summed E-state index contributed by atoms with van der Waals surface area (Å²) in [5.41, 5.74) is 0. The van der Waals surface area contributed by atoms with E-state index in [9.17, 15) is 0 Å². The Labute approximate surface area is 121 Å². The molecule has 1 nitrogen and oxygen atoms in total. The highest BCUT2D eigenvalue weighted by Gasteiger charge is 2.29. The van der Waals surface area contributed by atoms with Gasteiger partial charge in [0.2, 0.25) is 0 Å². The van der Waals surface area contributed by atoms with Gasteiger partial charge in [0.25, 0.3) is 0 Å². The van der Waals surface area contributed by atoms with Crippen molar-refractivity contribution in [3.8, 4) is 11.8 Å². The molecular weight excluding hydrogens is 232 g/mol. The first-order valence-electron chi connectivity index (χ1n) is 8.07. The lowest BCUT2D eigenvalue weighted by Crippen LogP contribution is -2.27. The maximum absolute atomic E-state index is 3.64. The van der Waals surface area contributed by atoms with Gasteiger partial charge in [-0.25, -0.2) is 0 Å². The molecule has 0 aromatic heterocycles. The summed E-state index contributed by atoms with van der Waals surface area (Å²) in [4.78, 5) is 0. The van der Waals surface area contributed by atoms with Crippen molar-refractivity contribution >= 4 is 0 Å². The highest BCUT2D eigenvalue weighted by atomic mass is 16.0. The van der Waals surface area contributed by atoms with Gasteiger partial charge in [-0.15, -0.1) is 0 Å². The molecule has 0 aromatic rings. The molecule has 0 aliphatic heterocycles. The second-order valence-electron chi connectivity index (χ2n) is 7.23. The van der Waals surface area contributed by atoms with Gasteiger partial charge in [0.1, 0.15) is 0 Å². The summed E-state index contributed by atoms with van der Waals surface area (Å²) >= 11 is 0. The molecule has 0 radical (unpaired) electrons. The molecular formula is C18H34O. The Bertz CT molecular complexity index is 310. The fourth-order valence-electron chi connectivity index (χ4n) is 3.74. The van der Waals surface area contributed by atoms with Crippen molar-refractivity contribution < 1.29 is 6.90 Å². The third-order valence-electron chi connectivity index (χ3n) is 5.62. The van der Waals surface area contributed by atoms with Crippen LogP contribution in [-0.4, -0.2) is 5.48 Å². The Balaban J connectivity index is 0.00000180.